The number of carbonyl (C=O) groups is 1. The van der Waals surface area contributed by atoms with Crippen LogP contribution < -0.4 is 5.32 Å². The number of hydrogen-bond donors (Lipinski definition) is 1. The van der Waals surface area contributed by atoms with Crippen LogP contribution in [-0.2, 0) is 6.18 Å². The van der Waals surface area contributed by atoms with E-state index < -0.39 is 11.7 Å². The molecule has 1 N–H and O–H groups in total. The Labute approximate surface area is 192 Å². The number of amides is 1. The number of anilines is 2. The zero-order valence-corrected chi connectivity index (χ0v) is 19.1. The molecule has 0 aliphatic rings. The van der Waals surface area contributed by atoms with Crippen LogP contribution in [0.1, 0.15) is 36.7 Å². The second-order valence-electron chi connectivity index (χ2n) is 7.67. The Balaban J connectivity index is 1.77. The lowest BCUT2D eigenvalue weighted by atomic mass is 10.1. The van der Waals surface area contributed by atoms with Crippen molar-refractivity contribution in [2.24, 2.45) is 0 Å². The van der Waals surface area contributed by atoms with Crippen molar-refractivity contribution in [3.05, 3.63) is 65.9 Å². The van der Waals surface area contributed by atoms with Crippen LogP contribution in [0.5, 0.6) is 0 Å². The molecule has 8 heteroatoms. The summed E-state index contributed by atoms with van der Waals surface area (Å²) in [5.41, 5.74) is 0.880. The van der Waals surface area contributed by atoms with Crippen molar-refractivity contribution >= 4 is 28.2 Å². The molecule has 2 aromatic carbocycles. The van der Waals surface area contributed by atoms with Gasteiger partial charge in [0.1, 0.15) is 0 Å². The first-order chi connectivity index (χ1) is 15.8. The van der Waals surface area contributed by atoms with Crippen LogP contribution in [0, 0.1) is 0 Å². The Kier molecular flexibility index (Phi) is 7.92. The summed E-state index contributed by atoms with van der Waals surface area (Å²) in [6, 6.07) is 12.6. The van der Waals surface area contributed by atoms with Gasteiger partial charge < -0.3 is 15.1 Å². The molecule has 0 unspecified atom stereocenters. The first-order valence-corrected chi connectivity index (χ1v) is 11.1. The summed E-state index contributed by atoms with van der Waals surface area (Å²) in [6.45, 7) is 10.1. The van der Waals surface area contributed by atoms with Crippen LogP contribution in [0.2, 0.25) is 0 Å². The van der Waals surface area contributed by atoms with Gasteiger partial charge in [-0.1, -0.05) is 26.0 Å². The van der Waals surface area contributed by atoms with E-state index >= 15 is 0 Å². The van der Waals surface area contributed by atoms with Crippen molar-refractivity contribution in [2.45, 2.75) is 26.9 Å². The summed E-state index contributed by atoms with van der Waals surface area (Å²) in [7, 11) is 0. The third-order valence-corrected chi connectivity index (χ3v) is 5.74. The lowest BCUT2D eigenvalue weighted by Gasteiger charge is -2.25. The molecular formula is C25H29F3N4O. The molecule has 1 heterocycles. The Hall–Kier alpha value is -3.13. The number of likely N-dealkylation sites (N-methyl/N-ethyl adjacent to an activating group) is 2. The number of pyridine rings is 1. The third-order valence-electron chi connectivity index (χ3n) is 5.74. The van der Waals surface area contributed by atoms with Crippen LogP contribution in [0.15, 0.2) is 54.7 Å². The number of fused-ring (bicyclic) bond motifs is 1. The monoisotopic (exact) mass is 458 g/mol. The average molecular weight is 459 g/mol. The van der Waals surface area contributed by atoms with E-state index in [1.54, 1.807) is 36.4 Å². The molecule has 0 saturated heterocycles. The van der Waals surface area contributed by atoms with Gasteiger partial charge in [-0.3, -0.25) is 9.78 Å². The highest BCUT2D eigenvalue weighted by atomic mass is 19.4. The summed E-state index contributed by atoms with van der Waals surface area (Å²) in [5, 5.41) is 3.53. The lowest BCUT2D eigenvalue weighted by Crippen LogP contribution is -2.38. The van der Waals surface area contributed by atoms with Gasteiger partial charge in [-0.15, -0.1) is 0 Å². The summed E-state index contributed by atoms with van der Waals surface area (Å²) < 4.78 is 40.0. The van der Waals surface area contributed by atoms with Gasteiger partial charge in [0.2, 0.25) is 0 Å². The molecule has 1 aromatic heterocycles. The number of alkyl halides is 3. The predicted octanol–water partition coefficient (Wildman–Crippen LogP) is 5.80. The molecule has 3 aromatic rings. The normalized spacial score (nSPS) is 11.7. The molecule has 0 radical (unpaired) electrons. The Morgan fingerprint density at radius 3 is 2.24 bits per heavy atom. The number of nitrogens with zero attached hydrogens (tertiary/aromatic N) is 3. The number of para-hydroxylation sites is 1. The van der Waals surface area contributed by atoms with Gasteiger partial charge in [0.15, 0.2) is 0 Å². The van der Waals surface area contributed by atoms with Crippen molar-refractivity contribution in [3.8, 4) is 0 Å². The molecular weight excluding hydrogens is 429 g/mol. The van der Waals surface area contributed by atoms with E-state index in [-0.39, 0.29) is 11.4 Å². The fourth-order valence-corrected chi connectivity index (χ4v) is 3.75. The van der Waals surface area contributed by atoms with E-state index in [4.69, 9.17) is 0 Å². The Morgan fingerprint density at radius 1 is 0.939 bits per heavy atom. The number of carbonyl (C=O) groups excluding carboxylic acids is 1. The Bertz CT molecular complexity index is 1080. The molecule has 0 aliphatic carbocycles. The highest BCUT2D eigenvalue weighted by Gasteiger charge is 2.33. The van der Waals surface area contributed by atoms with Gasteiger partial charge >= 0.3 is 6.18 Å². The maximum atomic E-state index is 13.3. The highest BCUT2D eigenvalue weighted by Crippen LogP contribution is 2.36. The van der Waals surface area contributed by atoms with Gasteiger partial charge in [0.05, 0.1) is 11.1 Å². The van der Waals surface area contributed by atoms with E-state index in [0.29, 0.717) is 35.4 Å². The molecule has 0 aliphatic heterocycles. The second kappa shape index (κ2) is 10.7. The maximum absolute atomic E-state index is 13.3. The van der Waals surface area contributed by atoms with E-state index in [1.165, 1.54) is 12.3 Å². The zero-order chi connectivity index (χ0) is 24.0. The molecule has 176 valence electrons. The van der Waals surface area contributed by atoms with Gasteiger partial charge in [-0.2, -0.15) is 13.2 Å². The first-order valence-electron chi connectivity index (χ1n) is 11.1. The summed E-state index contributed by atoms with van der Waals surface area (Å²) >= 11 is 0. The number of aromatic nitrogens is 1. The molecule has 0 atom stereocenters. The standard InChI is InChI=1S/C25H29F3N4O/c1-4-31(5-2)16-17-32(6-3)24(33)18-10-12-19(13-11-18)30-22-14-15-29-23-20(22)8-7-9-21(23)25(26,27)28/h7-15H,4-6,16-17H2,1-3H3,(H,29,30). The fourth-order valence-electron chi connectivity index (χ4n) is 3.75. The quantitative estimate of drug-likeness (QED) is 0.440. The minimum atomic E-state index is -4.48. The smallest absolute Gasteiger partial charge is 0.355 e. The van der Waals surface area contributed by atoms with Gasteiger partial charge in [-0.25, -0.2) is 0 Å². The minimum Gasteiger partial charge on any atom is -0.355 e. The zero-order valence-electron chi connectivity index (χ0n) is 19.1. The maximum Gasteiger partial charge on any atom is 0.418 e. The first kappa shape index (κ1) is 24.5. The number of hydrogen-bond acceptors (Lipinski definition) is 4. The molecule has 1 amide bonds. The SMILES string of the molecule is CCN(CC)CCN(CC)C(=O)c1ccc(Nc2ccnc3c(C(F)(F)F)cccc23)cc1. The molecule has 33 heavy (non-hydrogen) atoms. The molecule has 0 bridgehead atoms. The number of benzene rings is 2. The fraction of sp³-hybridized carbons (Fsp3) is 0.360. The molecule has 0 saturated carbocycles. The van der Waals surface area contributed by atoms with Crippen LogP contribution in [0.4, 0.5) is 24.5 Å². The van der Waals surface area contributed by atoms with Gasteiger partial charge in [-0.05, 0) is 56.4 Å². The van der Waals surface area contributed by atoms with Crippen LogP contribution in [0.3, 0.4) is 0 Å². The van der Waals surface area contributed by atoms with Crippen molar-refractivity contribution in [3.63, 3.8) is 0 Å². The van der Waals surface area contributed by atoms with Crippen molar-refractivity contribution < 1.29 is 18.0 Å². The lowest BCUT2D eigenvalue weighted by molar-refractivity contribution is -0.136. The number of halogens is 3. The van der Waals surface area contributed by atoms with Crippen molar-refractivity contribution in [2.75, 3.05) is 38.0 Å². The largest absolute Gasteiger partial charge is 0.418 e. The van der Waals surface area contributed by atoms with E-state index in [9.17, 15) is 18.0 Å². The van der Waals surface area contributed by atoms with Crippen LogP contribution in [0.25, 0.3) is 10.9 Å². The molecule has 3 rings (SSSR count). The van der Waals surface area contributed by atoms with Crippen molar-refractivity contribution in [1.29, 1.82) is 0 Å². The predicted molar refractivity (Wildman–Crippen MR) is 126 cm³/mol. The average Bonchev–Trinajstić information content (AvgIpc) is 2.81. The highest BCUT2D eigenvalue weighted by molar-refractivity contribution is 5.96. The molecule has 5 nitrogen and oxygen atoms in total. The number of rotatable bonds is 9. The topological polar surface area (TPSA) is 48.5 Å². The van der Waals surface area contributed by atoms with E-state index in [0.717, 1.165) is 25.7 Å². The summed E-state index contributed by atoms with van der Waals surface area (Å²) in [6.07, 6.45) is -3.13. The number of nitrogens with one attached hydrogen (secondary N) is 1. The van der Waals surface area contributed by atoms with Gasteiger partial charge in [0.25, 0.3) is 5.91 Å². The summed E-state index contributed by atoms with van der Waals surface area (Å²) in [4.78, 5) is 20.9. The molecule has 0 spiro atoms. The second-order valence-corrected chi connectivity index (χ2v) is 7.67. The Morgan fingerprint density at radius 2 is 1.64 bits per heavy atom. The van der Waals surface area contributed by atoms with Gasteiger partial charge in [0, 0.05) is 48.2 Å². The van der Waals surface area contributed by atoms with E-state index in [1.807, 2.05) is 11.8 Å². The minimum absolute atomic E-state index is 0.0413. The van der Waals surface area contributed by atoms with Crippen LogP contribution in [-0.4, -0.2) is 53.4 Å². The summed E-state index contributed by atoms with van der Waals surface area (Å²) in [5.74, 6) is -0.0413. The third kappa shape index (κ3) is 5.82. The van der Waals surface area contributed by atoms with Crippen LogP contribution >= 0.6 is 0 Å². The van der Waals surface area contributed by atoms with E-state index in [2.05, 4.69) is 29.0 Å². The molecule has 0 fully saturated rings. The van der Waals surface area contributed by atoms with Crippen molar-refractivity contribution in [1.82, 2.24) is 14.8 Å².